The molecule has 1 heterocycles. The van der Waals surface area contributed by atoms with Crippen molar-refractivity contribution in [3.8, 4) is 0 Å². The van der Waals surface area contributed by atoms with Gasteiger partial charge >= 0.3 is 6.03 Å². The second kappa shape index (κ2) is 7.31. The number of hydrogen-bond acceptors (Lipinski definition) is 2. The number of anilines is 2. The summed E-state index contributed by atoms with van der Waals surface area (Å²) >= 11 is 0. The second-order valence-corrected chi connectivity index (χ2v) is 6.53. The Hall–Kier alpha value is -3.28. The monoisotopic (exact) mass is 350 g/mol. The van der Waals surface area contributed by atoms with Crippen LogP contribution in [-0.2, 0) is 0 Å². The Balaban J connectivity index is 1.79. The maximum Gasteiger partial charge on any atom is 0.319 e. The molecule has 3 amide bonds. The predicted octanol–water partition coefficient (Wildman–Crippen LogP) is 4.26. The molecule has 0 atom stereocenters. The van der Waals surface area contributed by atoms with Gasteiger partial charge in [0.2, 0.25) is 0 Å². The van der Waals surface area contributed by atoms with Gasteiger partial charge in [0, 0.05) is 16.9 Å². The third-order valence-electron chi connectivity index (χ3n) is 3.87. The van der Waals surface area contributed by atoms with Gasteiger partial charge in [-0.05, 0) is 50.6 Å². The van der Waals surface area contributed by atoms with Crippen LogP contribution in [0.3, 0.4) is 0 Å². The average molecular weight is 350 g/mol. The van der Waals surface area contributed by atoms with Crippen molar-refractivity contribution in [3.05, 3.63) is 59.8 Å². The van der Waals surface area contributed by atoms with Gasteiger partial charge < -0.3 is 20.9 Å². The van der Waals surface area contributed by atoms with E-state index in [1.165, 1.54) is 0 Å². The van der Waals surface area contributed by atoms with Crippen LogP contribution < -0.4 is 16.0 Å². The lowest BCUT2D eigenvalue weighted by atomic mass is 10.2. The molecule has 0 bridgehead atoms. The van der Waals surface area contributed by atoms with Crippen molar-refractivity contribution < 1.29 is 9.59 Å². The molecule has 3 rings (SSSR count). The summed E-state index contributed by atoms with van der Waals surface area (Å²) in [6, 6.07) is 14.6. The minimum atomic E-state index is -0.317. The Morgan fingerprint density at radius 2 is 1.65 bits per heavy atom. The van der Waals surface area contributed by atoms with E-state index in [1.807, 2.05) is 45.0 Å². The summed E-state index contributed by atoms with van der Waals surface area (Å²) in [6.07, 6.45) is 0. The molecule has 0 radical (unpaired) electrons. The van der Waals surface area contributed by atoms with Crippen LogP contribution in [0.1, 0.15) is 29.9 Å². The summed E-state index contributed by atoms with van der Waals surface area (Å²) in [5.74, 6) is -0.266. The van der Waals surface area contributed by atoms with Crippen molar-refractivity contribution >= 4 is 34.2 Å². The molecule has 6 nitrogen and oxygen atoms in total. The summed E-state index contributed by atoms with van der Waals surface area (Å²) in [4.78, 5) is 27.7. The zero-order valence-electron chi connectivity index (χ0n) is 15.0. The van der Waals surface area contributed by atoms with E-state index in [0.29, 0.717) is 17.1 Å². The Bertz CT molecular complexity index is 959. The first-order valence-electron chi connectivity index (χ1n) is 8.49. The summed E-state index contributed by atoms with van der Waals surface area (Å²) in [5.41, 5.74) is 3.57. The van der Waals surface area contributed by atoms with Gasteiger partial charge in [0.25, 0.3) is 5.91 Å². The van der Waals surface area contributed by atoms with E-state index in [-0.39, 0.29) is 18.0 Å². The van der Waals surface area contributed by atoms with Crippen molar-refractivity contribution in [2.45, 2.75) is 26.8 Å². The number of aryl methyl sites for hydroxylation is 1. The van der Waals surface area contributed by atoms with Crippen molar-refractivity contribution in [3.63, 3.8) is 0 Å². The molecule has 3 aromatic rings. The number of aromatic amines is 1. The highest BCUT2D eigenvalue weighted by Gasteiger charge is 2.13. The van der Waals surface area contributed by atoms with E-state index in [9.17, 15) is 9.59 Å². The first-order valence-corrected chi connectivity index (χ1v) is 8.49. The lowest BCUT2D eigenvalue weighted by Gasteiger charge is -2.14. The quantitative estimate of drug-likeness (QED) is 0.567. The maximum atomic E-state index is 12.6. The molecule has 0 aliphatic heterocycles. The summed E-state index contributed by atoms with van der Waals surface area (Å²) in [6.45, 7) is 5.76. The Morgan fingerprint density at radius 1 is 0.962 bits per heavy atom. The van der Waals surface area contributed by atoms with E-state index in [0.717, 1.165) is 16.5 Å². The number of carbonyl (C=O) groups is 2. The number of hydrogen-bond donors (Lipinski definition) is 4. The number of nitrogens with one attached hydrogen (secondary N) is 4. The zero-order chi connectivity index (χ0) is 18.7. The van der Waals surface area contributed by atoms with Gasteiger partial charge in [-0.15, -0.1) is 0 Å². The fourth-order valence-electron chi connectivity index (χ4n) is 2.67. The zero-order valence-corrected chi connectivity index (χ0v) is 15.0. The molecular formula is C20H22N4O2. The minimum absolute atomic E-state index is 0.0200. The number of benzene rings is 2. The van der Waals surface area contributed by atoms with Gasteiger partial charge in [-0.3, -0.25) is 4.79 Å². The maximum absolute atomic E-state index is 12.6. The molecule has 0 fully saturated rings. The molecule has 0 saturated carbocycles. The molecule has 26 heavy (non-hydrogen) atoms. The number of carbonyl (C=O) groups excluding carboxylic acids is 2. The number of fused-ring (bicyclic) bond motifs is 1. The van der Waals surface area contributed by atoms with Gasteiger partial charge in [0.05, 0.1) is 11.4 Å². The first-order chi connectivity index (χ1) is 12.4. The highest BCUT2D eigenvalue weighted by Crippen LogP contribution is 2.23. The van der Waals surface area contributed by atoms with Crippen LogP contribution in [0, 0.1) is 6.92 Å². The van der Waals surface area contributed by atoms with Gasteiger partial charge in [0.15, 0.2) is 0 Å². The highest BCUT2D eigenvalue weighted by atomic mass is 16.2. The van der Waals surface area contributed by atoms with Gasteiger partial charge in [0.1, 0.15) is 5.69 Å². The van der Waals surface area contributed by atoms with Crippen LogP contribution in [0.2, 0.25) is 0 Å². The van der Waals surface area contributed by atoms with Crippen molar-refractivity contribution in [2.75, 3.05) is 10.6 Å². The van der Waals surface area contributed by atoms with Crippen LogP contribution in [0.5, 0.6) is 0 Å². The van der Waals surface area contributed by atoms with Crippen LogP contribution in [0.15, 0.2) is 48.5 Å². The summed E-state index contributed by atoms with van der Waals surface area (Å²) in [7, 11) is 0. The number of rotatable bonds is 4. The summed E-state index contributed by atoms with van der Waals surface area (Å²) < 4.78 is 0. The van der Waals surface area contributed by atoms with Crippen LogP contribution in [0.25, 0.3) is 10.9 Å². The normalized spacial score (nSPS) is 10.8. The smallest absolute Gasteiger partial charge is 0.319 e. The molecule has 2 aromatic carbocycles. The molecular weight excluding hydrogens is 328 g/mol. The molecule has 134 valence electrons. The third kappa shape index (κ3) is 4.03. The van der Waals surface area contributed by atoms with E-state index < -0.39 is 0 Å². The van der Waals surface area contributed by atoms with Crippen LogP contribution >= 0.6 is 0 Å². The van der Waals surface area contributed by atoms with Crippen molar-refractivity contribution in [1.29, 1.82) is 0 Å². The molecule has 0 aliphatic carbocycles. The number of urea groups is 1. The van der Waals surface area contributed by atoms with Crippen molar-refractivity contribution in [1.82, 2.24) is 10.3 Å². The fraction of sp³-hybridized carbons (Fsp3) is 0.200. The topological polar surface area (TPSA) is 86.0 Å². The average Bonchev–Trinajstić information content (AvgIpc) is 2.99. The minimum Gasteiger partial charge on any atom is -0.351 e. The van der Waals surface area contributed by atoms with E-state index in [1.54, 1.807) is 24.3 Å². The third-order valence-corrected chi connectivity index (χ3v) is 3.87. The Morgan fingerprint density at radius 3 is 2.35 bits per heavy atom. The predicted molar refractivity (Wildman–Crippen MR) is 105 cm³/mol. The number of para-hydroxylation sites is 2. The van der Waals surface area contributed by atoms with Gasteiger partial charge in [-0.25, -0.2) is 4.79 Å². The molecule has 0 saturated heterocycles. The van der Waals surface area contributed by atoms with E-state index in [2.05, 4.69) is 20.9 Å². The molecule has 0 aliphatic rings. The van der Waals surface area contributed by atoms with Gasteiger partial charge in [-0.1, -0.05) is 24.3 Å². The summed E-state index contributed by atoms with van der Waals surface area (Å²) in [5, 5.41) is 9.34. The standard InChI is InChI=1S/C20H22N4O2/c1-12(2)21-20(26)24-16-7-5-4-6-15(16)23-19(25)18-11-14-9-8-13(3)10-17(14)22-18/h4-12,22H,1-3H3,(H,23,25)(H2,21,24,26). The number of amides is 3. The highest BCUT2D eigenvalue weighted by molar-refractivity contribution is 6.08. The Labute approximate surface area is 152 Å². The first kappa shape index (κ1) is 17.5. The number of aromatic nitrogens is 1. The largest absolute Gasteiger partial charge is 0.351 e. The SMILES string of the molecule is Cc1ccc2cc(C(=O)Nc3ccccc3NC(=O)NC(C)C)[nH]c2c1. The molecule has 4 N–H and O–H groups in total. The van der Waals surface area contributed by atoms with E-state index in [4.69, 9.17) is 0 Å². The lowest BCUT2D eigenvalue weighted by molar-refractivity contribution is 0.102. The van der Waals surface area contributed by atoms with Crippen LogP contribution in [-0.4, -0.2) is 23.0 Å². The fourth-order valence-corrected chi connectivity index (χ4v) is 2.67. The molecule has 1 aromatic heterocycles. The lowest BCUT2D eigenvalue weighted by Crippen LogP contribution is -2.34. The van der Waals surface area contributed by atoms with Crippen molar-refractivity contribution in [2.24, 2.45) is 0 Å². The number of H-pyrrole nitrogens is 1. The molecule has 0 unspecified atom stereocenters. The second-order valence-electron chi connectivity index (χ2n) is 6.53. The molecule has 0 spiro atoms. The van der Waals surface area contributed by atoms with Gasteiger partial charge in [-0.2, -0.15) is 0 Å². The van der Waals surface area contributed by atoms with Crippen LogP contribution in [0.4, 0.5) is 16.2 Å². The Kier molecular flexibility index (Phi) is 4.93. The molecule has 6 heteroatoms. The van der Waals surface area contributed by atoms with E-state index >= 15 is 0 Å².